The summed E-state index contributed by atoms with van der Waals surface area (Å²) in [6.07, 6.45) is 1.75. The summed E-state index contributed by atoms with van der Waals surface area (Å²) in [6.45, 7) is 6.49. The molecule has 0 atom stereocenters. The van der Waals surface area contributed by atoms with Crippen LogP contribution in [0.5, 0.6) is 5.75 Å². The average molecular weight is 589 g/mol. The lowest BCUT2D eigenvalue weighted by Crippen LogP contribution is -2.11. The summed E-state index contributed by atoms with van der Waals surface area (Å²) in [7, 11) is 0. The topological polar surface area (TPSA) is 45.5 Å². The molecule has 0 aliphatic carbocycles. The largest absolute Gasteiger partial charge is 0.507 e. The lowest BCUT2D eigenvalue weighted by atomic mass is 9.86. The van der Waals surface area contributed by atoms with E-state index in [1.807, 2.05) is 30.3 Å². The molecular formula is C40H32N2OS. The van der Waals surface area contributed by atoms with Crippen molar-refractivity contribution in [1.82, 2.24) is 4.98 Å². The Balaban J connectivity index is 1.32. The van der Waals surface area contributed by atoms with E-state index in [1.54, 1.807) is 23.6 Å². The molecule has 1 heterocycles. The van der Waals surface area contributed by atoms with E-state index >= 15 is 0 Å². The van der Waals surface area contributed by atoms with E-state index in [0.29, 0.717) is 5.56 Å². The van der Waals surface area contributed by atoms with Crippen LogP contribution in [0.1, 0.15) is 31.9 Å². The molecular weight excluding hydrogens is 557 g/mol. The lowest BCUT2D eigenvalue weighted by Gasteiger charge is -2.19. The summed E-state index contributed by atoms with van der Waals surface area (Å²) >= 11 is 1.68. The highest BCUT2D eigenvalue weighted by Gasteiger charge is 2.17. The molecule has 0 fully saturated rings. The zero-order valence-corrected chi connectivity index (χ0v) is 25.8. The molecule has 0 aliphatic rings. The number of aromatic nitrogens is 1. The molecule has 0 saturated heterocycles. The number of aromatic hydroxyl groups is 1. The van der Waals surface area contributed by atoms with Crippen LogP contribution in [-0.2, 0) is 5.41 Å². The monoisotopic (exact) mass is 588 g/mol. The number of hydrogen-bond acceptors (Lipinski definition) is 4. The molecule has 214 valence electrons. The first-order chi connectivity index (χ1) is 21.4. The number of thiazole rings is 1. The van der Waals surface area contributed by atoms with Crippen LogP contribution in [0.3, 0.4) is 0 Å². The molecule has 0 radical (unpaired) electrons. The van der Waals surface area contributed by atoms with Crippen molar-refractivity contribution in [3.63, 3.8) is 0 Å². The maximum Gasteiger partial charge on any atom is 0.126 e. The van der Waals surface area contributed by atoms with Gasteiger partial charge >= 0.3 is 0 Å². The summed E-state index contributed by atoms with van der Waals surface area (Å²) in [5.41, 5.74) is 9.30. The van der Waals surface area contributed by atoms with E-state index in [2.05, 4.69) is 112 Å². The van der Waals surface area contributed by atoms with E-state index in [1.165, 1.54) is 27.5 Å². The van der Waals surface area contributed by atoms with E-state index in [4.69, 9.17) is 9.98 Å². The second-order valence-electron chi connectivity index (χ2n) is 12.0. The Hall–Kier alpha value is -5.06. The standard InChI is InChI=1S/C40H32N2OS/c1-40(2,3)28-20-23-36(43)27(24-28)25-41-35-18-10-9-16-34(35)39-42-38-33(17-11-19-37(38)44-39)32-22-21-29(26-12-5-4-6-13-26)30-14-7-8-15-31(30)32/h4-25,43H,1-3H3. The molecule has 0 amide bonds. The third-order valence-corrected chi connectivity index (χ3v) is 9.14. The Morgan fingerprint density at radius 2 is 1.34 bits per heavy atom. The number of nitrogens with zero attached hydrogens (tertiary/aromatic N) is 2. The molecule has 4 heteroatoms. The van der Waals surface area contributed by atoms with Crippen molar-refractivity contribution >= 4 is 44.2 Å². The highest BCUT2D eigenvalue weighted by Crippen LogP contribution is 2.42. The maximum absolute atomic E-state index is 10.6. The Morgan fingerprint density at radius 1 is 0.659 bits per heavy atom. The smallest absolute Gasteiger partial charge is 0.126 e. The number of phenols is 1. The van der Waals surface area contributed by atoms with Crippen LogP contribution in [0.2, 0.25) is 0 Å². The van der Waals surface area contributed by atoms with Gasteiger partial charge in [-0.25, -0.2) is 4.98 Å². The Morgan fingerprint density at radius 3 is 2.14 bits per heavy atom. The van der Waals surface area contributed by atoms with Crippen LogP contribution >= 0.6 is 11.3 Å². The van der Waals surface area contributed by atoms with Gasteiger partial charge < -0.3 is 5.11 Å². The number of para-hydroxylation sites is 2. The molecule has 6 aromatic carbocycles. The fraction of sp³-hybridized carbons (Fsp3) is 0.100. The Bertz CT molecular complexity index is 2170. The Labute approximate surface area is 261 Å². The minimum Gasteiger partial charge on any atom is -0.507 e. The van der Waals surface area contributed by atoms with Gasteiger partial charge in [0.15, 0.2) is 0 Å². The van der Waals surface area contributed by atoms with Crippen LogP contribution in [0.4, 0.5) is 5.69 Å². The third-order valence-electron chi connectivity index (χ3n) is 8.09. The fourth-order valence-electron chi connectivity index (χ4n) is 5.72. The molecule has 0 spiro atoms. The van der Waals surface area contributed by atoms with Crippen molar-refractivity contribution in [3.8, 4) is 38.6 Å². The molecule has 0 saturated carbocycles. The van der Waals surface area contributed by atoms with E-state index in [9.17, 15) is 5.11 Å². The fourth-order valence-corrected chi connectivity index (χ4v) is 6.74. The predicted octanol–water partition coefficient (Wildman–Crippen LogP) is 11.2. The summed E-state index contributed by atoms with van der Waals surface area (Å²) in [5, 5.41) is 13.9. The van der Waals surface area contributed by atoms with Crippen molar-refractivity contribution in [2.75, 3.05) is 0 Å². The summed E-state index contributed by atoms with van der Waals surface area (Å²) < 4.78 is 1.13. The first kappa shape index (κ1) is 27.8. The summed E-state index contributed by atoms with van der Waals surface area (Å²) in [5.74, 6) is 0.217. The highest BCUT2D eigenvalue weighted by molar-refractivity contribution is 7.21. The lowest BCUT2D eigenvalue weighted by molar-refractivity contribution is 0.473. The van der Waals surface area contributed by atoms with E-state index in [-0.39, 0.29) is 11.2 Å². The number of benzene rings is 6. The zero-order chi connectivity index (χ0) is 30.3. The van der Waals surface area contributed by atoms with Gasteiger partial charge in [0.1, 0.15) is 10.8 Å². The number of hydrogen-bond donors (Lipinski definition) is 1. The van der Waals surface area contributed by atoms with Crippen LogP contribution < -0.4 is 0 Å². The van der Waals surface area contributed by atoms with Crippen molar-refractivity contribution in [1.29, 1.82) is 0 Å². The van der Waals surface area contributed by atoms with Crippen LogP contribution in [0.15, 0.2) is 132 Å². The molecule has 0 aliphatic heterocycles. The molecule has 44 heavy (non-hydrogen) atoms. The summed E-state index contributed by atoms with van der Waals surface area (Å²) in [6, 6.07) is 43.9. The molecule has 0 bridgehead atoms. The number of phenolic OH excluding ortho intramolecular Hbond substituents is 1. The quantitative estimate of drug-likeness (QED) is 0.203. The van der Waals surface area contributed by atoms with Gasteiger partial charge in [0, 0.05) is 22.9 Å². The van der Waals surface area contributed by atoms with Crippen molar-refractivity contribution in [2.24, 2.45) is 4.99 Å². The Kier molecular flexibility index (Phi) is 7.07. The number of fused-ring (bicyclic) bond motifs is 2. The predicted molar refractivity (Wildman–Crippen MR) is 187 cm³/mol. The first-order valence-corrected chi connectivity index (χ1v) is 15.6. The number of rotatable bonds is 5. The molecule has 3 nitrogen and oxygen atoms in total. The van der Waals surface area contributed by atoms with Gasteiger partial charge in [0.2, 0.25) is 0 Å². The van der Waals surface area contributed by atoms with Crippen LogP contribution in [0, 0.1) is 0 Å². The molecule has 1 N–H and O–H groups in total. The van der Waals surface area contributed by atoms with Crippen molar-refractivity contribution in [3.05, 3.63) is 139 Å². The molecule has 7 aromatic rings. The van der Waals surface area contributed by atoms with Gasteiger partial charge in [-0.1, -0.05) is 118 Å². The van der Waals surface area contributed by atoms with E-state index in [0.717, 1.165) is 37.6 Å². The summed E-state index contributed by atoms with van der Waals surface area (Å²) in [4.78, 5) is 10.1. The normalized spacial score (nSPS) is 12.0. The van der Waals surface area contributed by atoms with Crippen molar-refractivity contribution < 1.29 is 5.11 Å². The van der Waals surface area contributed by atoms with Gasteiger partial charge in [-0.2, -0.15) is 0 Å². The van der Waals surface area contributed by atoms with Crippen molar-refractivity contribution in [2.45, 2.75) is 26.2 Å². The second-order valence-corrected chi connectivity index (χ2v) is 13.1. The number of aliphatic imine (C=N–C) groups is 1. The third kappa shape index (κ3) is 5.18. The van der Waals surface area contributed by atoms with Gasteiger partial charge in [-0.05, 0) is 68.8 Å². The van der Waals surface area contributed by atoms with Gasteiger partial charge in [0.05, 0.1) is 15.9 Å². The van der Waals surface area contributed by atoms with Crippen LogP contribution in [0.25, 0.3) is 53.8 Å². The first-order valence-electron chi connectivity index (χ1n) is 14.8. The average Bonchev–Trinajstić information content (AvgIpc) is 3.48. The van der Waals surface area contributed by atoms with Gasteiger partial charge in [-0.15, -0.1) is 11.3 Å². The maximum atomic E-state index is 10.6. The second kappa shape index (κ2) is 11.2. The van der Waals surface area contributed by atoms with Crippen LogP contribution in [-0.4, -0.2) is 16.3 Å². The SMILES string of the molecule is CC(C)(C)c1ccc(O)c(C=Nc2ccccc2-c2nc3c(-c4ccc(-c5ccccc5)c5ccccc45)cccc3s2)c1. The van der Waals surface area contributed by atoms with E-state index < -0.39 is 0 Å². The van der Waals surface area contributed by atoms with Gasteiger partial charge in [0.25, 0.3) is 0 Å². The molecule has 0 unspecified atom stereocenters. The molecule has 7 rings (SSSR count). The molecule has 1 aromatic heterocycles. The minimum absolute atomic E-state index is 0.0277. The highest BCUT2D eigenvalue weighted by atomic mass is 32.1. The minimum atomic E-state index is -0.0277. The van der Waals surface area contributed by atoms with Gasteiger partial charge in [-0.3, -0.25) is 4.99 Å². The zero-order valence-electron chi connectivity index (χ0n) is 25.0.